The molecule has 0 atom stereocenters. The van der Waals surface area contributed by atoms with Gasteiger partial charge in [0.15, 0.2) is 0 Å². The van der Waals surface area contributed by atoms with Crippen molar-refractivity contribution in [2.24, 2.45) is 0 Å². The van der Waals surface area contributed by atoms with Crippen LogP contribution in [0.1, 0.15) is 0 Å². The van der Waals surface area contributed by atoms with Crippen molar-refractivity contribution < 1.29 is 0 Å². The smallest absolute Gasteiger partial charge is 0.0541 e. The zero-order chi connectivity index (χ0) is 29.5. The second-order valence-electron chi connectivity index (χ2n) is 11.7. The second-order valence-corrected chi connectivity index (χ2v) is 13.9. The minimum atomic E-state index is 1.20. The minimum Gasteiger partial charge on any atom is -0.309 e. The van der Waals surface area contributed by atoms with Crippen molar-refractivity contribution in [3.63, 3.8) is 0 Å². The molecule has 0 saturated carbocycles. The van der Waals surface area contributed by atoms with Crippen LogP contribution >= 0.6 is 22.7 Å². The zero-order valence-electron chi connectivity index (χ0n) is 24.2. The van der Waals surface area contributed by atoms with E-state index in [1.807, 2.05) is 22.7 Å². The van der Waals surface area contributed by atoms with Crippen LogP contribution in [0.4, 0.5) is 0 Å². The maximum Gasteiger partial charge on any atom is 0.0541 e. The number of hydrogen-bond acceptors (Lipinski definition) is 2. The van der Waals surface area contributed by atoms with Gasteiger partial charge in [0.05, 0.1) is 11.0 Å². The highest BCUT2D eigenvalue weighted by Crippen LogP contribution is 2.46. The second kappa shape index (κ2) is 9.64. The van der Waals surface area contributed by atoms with Gasteiger partial charge >= 0.3 is 0 Å². The van der Waals surface area contributed by atoms with E-state index in [0.29, 0.717) is 0 Å². The van der Waals surface area contributed by atoms with Gasteiger partial charge in [0.25, 0.3) is 0 Å². The molecule has 0 spiro atoms. The van der Waals surface area contributed by atoms with Gasteiger partial charge in [-0.25, -0.2) is 0 Å². The Bertz CT molecular complexity index is 2710. The lowest BCUT2D eigenvalue weighted by atomic mass is 9.97. The van der Waals surface area contributed by atoms with Gasteiger partial charge in [-0.1, -0.05) is 91.0 Å². The van der Waals surface area contributed by atoms with Gasteiger partial charge in [-0.2, -0.15) is 0 Å². The fourth-order valence-electron chi connectivity index (χ4n) is 7.15. The monoisotopic (exact) mass is 607 g/mol. The van der Waals surface area contributed by atoms with Crippen molar-refractivity contribution >= 4 is 84.8 Å². The van der Waals surface area contributed by atoms with Crippen LogP contribution in [-0.4, -0.2) is 4.57 Å². The van der Waals surface area contributed by atoms with E-state index in [1.54, 1.807) is 0 Å². The van der Waals surface area contributed by atoms with Crippen molar-refractivity contribution in [3.8, 4) is 27.9 Å². The fourth-order valence-corrected chi connectivity index (χ4v) is 9.34. The number of nitrogens with zero attached hydrogens (tertiary/aromatic N) is 1. The average molecular weight is 608 g/mol. The van der Waals surface area contributed by atoms with Gasteiger partial charge in [0.2, 0.25) is 0 Å². The molecule has 10 aromatic rings. The van der Waals surface area contributed by atoms with Gasteiger partial charge in [-0.05, 0) is 82.9 Å². The maximum absolute atomic E-state index is 2.43. The third-order valence-corrected chi connectivity index (χ3v) is 11.5. The van der Waals surface area contributed by atoms with Crippen LogP contribution in [0, 0.1) is 0 Å². The molecule has 10 rings (SSSR count). The maximum atomic E-state index is 2.43. The Kier molecular flexibility index (Phi) is 5.39. The molecule has 0 radical (unpaired) electrons. The highest BCUT2D eigenvalue weighted by atomic mass is 32.1. The van der Waals surface area contributed by atoms with Crippen molar-refractivity contribution in [2.45, 2.75) is 0 Å². The molecule has 0 aliphatic rings. The van der Waals surface area contributed by atoms with E-state index in [0.717, 1.165) is 0 Å². The van der Waals surface area contributed by atoms with Gasteiger partial charge in [-0.15, -0.1) is 22.7 Å². The van der Waals surface area contributed by atoms with Gasteiger partial charge in [0.1, 0.15) is 0 Å². The Morgan fingerprint density at radius 1 is 0.333 bits per heavy atom. The topological polar surface area (TPSA) is 4.93 Å². The lowest BCUT2D eigenvalue weighted by molar-refractivity contribution is 1.19. The first kappa shape index (κ1) is 25.1. The summed E-state index contributed by atoms with van der Waals surface area (Å²) in [6.45, 7) is 0. The van der Waals surface area contributed by atoms with E-state index in [9.17, 15) is 0 Å². The van der Waals surface area contributed by atoms with E-state index in [-0.39, 0.29) is 0 Å². The molecular formula is C42H25NS2. The molecule has 0 aliphatic heterocycles. The summed E-state index contributed by atoms with van der Waals surface area (Å²) in [6.07, 6.45) is 0. The molecule has 210 valence electrons. The van der Waals surface area contributed by atoms with Crippen LogP contribution in [0.3, 0.4) is 0 Å². The van der Waals surface area contributed by atoms with Crippen LogP contribution in [0.25, 0.3) is 90.1 Å². The van der Waals surface area contributed by atoms with E-state index in [2.05, 4.69) is 156 Å². The fraction of sp³-hybridized carbons (Fsp3) is 0. The van der Waals surface area contributed by atoms with Crippen LogP contribution in [0.5, 0.6) is 0 Å². The third kappa shape index (κ3) is 3.78. The third-order valence-electron chi connectivity index (χ3n) is 9.19. The predicted molar refractivity (Wildman–Crippen MR) is 197 cm³/mol. The standard InChI is InChI=1S/C42H25NS2/c1-2-9-26(10-3-1)27-11-8-12-28(23-27)29-17-19-37-33(24-29)41-39(44-37)21-22-40-42(41)34-25-30(18-20-38(34)45-40)43-35-15-6-4-13-31(35)32-14-5-7-16-36(32)43/h1-25H. The molecule has 3 heteroatoms. The van der Waals surface area contributed by atoms with Crippen LogP contribution in [-0.2, 0) is 0 Å². The average Bonchev–Trinajstić information content (AvgIpc) is 3.77. The van der Waals surface area contributed by atoms with Crippen molar-refractivity contribution in [3.05, 3.63) is 152 Å². The molecule has 0 N–H and O–H groups in total. The normalized spacial score (nSPS) is 12.0. The largest absolute Gasteiger partial charge is 0.309 e. The first-order valence-corrected chi connectivity index (χ1v) is 16.9. The zero-order valence-corrected chi connectivity index (χ0v) is 25.8. The molecule has 3 aromatic heterocycles. The Morgan fingerprint density at radius 2 is 0.844 bits per heavy atom. The van der Waals surface area contributed by atoms with Crippen LogP contribution in [0.2, 0.25) is 0 Å². The summed E-state index contributed by atoms with van der Waals surface area (Å²) >= 11 is 3.79. The summed E-state index contributed by atoms with van der Waals surface area (Å²) in [6, 6.07) is 55.8. The number of aromatic nitrogens is 1. The molecule has 45 heavy (non-hydrogen) atoms. The lowest BCUT2D eigenvalue weighted by Gasteiger charge is -2.09. The van der Waals surface area contributed by atoms with Crippen molar-refractivity contribution in [1.29, 1.82) is 0 Å². The van der Waals surface area contributed by atoms with E-state index in [4.69, 9.17) is 0 Å². The van der Waals surface area contributed by atoms with Crippen LogP contribution < -0.4 is 0 Å². The van der Waals surface area contributed by atoms with Crippen molar-refractivity contribution in [2.75, 3.05) is 0 Å². The lowest BCUT2D eigenvalue weighted by Crippen LogP contribution is -1.93. The number of fused-ring (bicyclic) bond motifs is 10. The molecule has 7 aromatic carbocycles. The van der Waals surface area contributed by atoms with E-state index < -0.39 is 0 Å². The number of thiophene rings is 2. The minimum absolute atomic E-state index is 1.20. The Labute approximate surface area is 267 Å². The Morgan fingerprint density at radius 3 is 1.53 bits per heavy atom. The van der Waals surface area contributed by atoms with Crippen molar-refractivity contribution in [1.82, 2.24) is 4.57 Å². The summed E-state index contributed by atoms with van der Waals surface area (Å²) in [5.41, 5.74) is 8.67. The summed E-state index contributed by atoms with van der Waals surface area (Å²) in [4.78, 5) is 0. The number of para-hydroxylation sites is 2. The number of benzene rings is 7. The quantitative estimate of drug-likeness (QED) is 0.188. The molecule has 0 aliphatic carbocycles. The van der Waals surface area contributed by atoms with Gasteiger partial charge in [0, 0.05) is 56.8 Å². The summed E-state index contributed by atoms with van der Waals surface area (Å²) in [5.74, 6) is 0. The van der Waals surface area contributed by atoms with E-state index in [1.165, 1.54) is 90.1 Å². The van der Waals surface area contributed by atoms with Gasteiger partial charge in [-0.3, -0.25) is 0 Å². The molecule has 3 heterocycles. The highest BCUT2D eigenvalue weighted by Gasteiger charge is 2.17. The Hall–Kier alpha value is -5.22. The van der Waals surface area contributed by atoms with Gasteiger partial charge < -0.3 is 4.57 Å². The predicted octanol–water partition coefficient (Wildman–Crippen LogP) is 12.9. The summed E-state index contributed by atoms with van der Waals surface area (Å²) < 4.78 is 7.77. The number of rotatable bonds is 3. The molecule has 1 nitrogen and oxygen atoms in total. The summed E-state index contributed by atoms with van der Waals surface area (Å²) in [7, 11) is 0. The Balaban J connectivity index is 1.22. The summed E-state index contributed by atoms with van der Waals surface area (Å²) in [5, 5.41) is 7.99. The molecule has 0 bridgehead atoms. The SMILES string of the molecule is c1ccc(-c2cccc(-c3ccc4sc5ccc6sc7ccc(-n8c9ccccc9c9ccccc98)cc7c6c5c4c3)c2)cc1. The molecule has 0 amide bonds. The molecule has 0 fully saturated rings. The van der Waals surface area contributed by atoms with E-state index >= 15 is 0 Å². The first-order valence-electron chi connectivity index (χ1n) is 15.3. The molecule has 0 unspecified atom stereocenters. The highest BCUT2D eigenvalue weighted by molar-refractivity contribution is 7.28. The first-order chi connectivity index (χ1) is 22.3. The van der Waals surface area contributed by atoms with Crippen LogP contribution in [0.15, 0.2) is 152 Å². The molecular weight excluding hydrogens is 583 g/mol. The number of hydrogen-bond donors (Lipinski definition) is 0. The molecule has 0 saturated heterocycles.